The number of hydrogen-bond donors (Lipinski definition) is 1. The smallest absolute Gasteiger partial charge is 0.0373 e. The minimum absolute atomic E-state index is 0.996. The molecule has 0 aliphatic rings. The maximum Gasteiger partial charge on any atom is 0.0373 e. The van der Waals surface area contributed by atoms with Crippen molar-refractivity contribution < 1.29 is 0 Å². The second kappa shape index (κ2) is 5.17. The lowest BCUT2D eigenvalue weighted by Crippen LogP contribution is -2.21. The van der Waals surface area contributed by atoms with Crippen molar-refractivity contribution in [1.82, 2.24) is 4.90 Å². The summed E-state index contributed by atoms with van der Waals surface area (Å²) in [7, 11) is 4.18. The van der Waals surface area contributed by atoms with Gasteiger partial charge in [0.2, 0.25) is 0 Å². The Labute approximate surface area is 93.3 Å². The molecular formula is C13H22N2. The third kappa shape index (κ3) is 3.56. The topological polar surface area (TPSA) is 15.3 Å². The fourth-order valence-electron chi connectivity index (χ4n) is 1.57. The number of nitrogens with one attached hydrogen (secondary N) is 1. The van der Waals surface area contributed by atoms with E-state index in [2.05, 4.69) is 57.2 Å². The van der Waals surface area contributed by atoms with E-state index < -0.39 is 0 Å². The predicted octanol–water partition coefficient (Wildman–Crippen LogP) is 2.59. The molecule has 0 unspecified atom stereocenters. The summed E-state index contributed by atoms with van der Waals surface area (Å²) >= 11 is 0. The summed E-state index contributed by atoms with van der Waals surface area (Å²) in [5, 5.41) is 3.47. The van der Waals surface area contributed by atoms with Crippen LogP contribution in [0.2, 0.25) is 0 Å². The van der Waals surface area contributed by atoms with Gasteiger partial charge in [0.1, 0.15) is 0 Å². The van der Waals surface area contributed by atoms with Crippen LogP contribution in [0.5, 0.6) is 0 Å². The molecule has 0 radical (unpaired) electrons. The van der Waals surface area contributed by atoms with Crippen LogP contribution in [0.4, 0.5) is 5.69 Å². The van der Waals surface area contributed by atoms with Crippen molar-refractivity contribution in [2.45, 2.75) is 20.8 Å². The van der Waals surface area contributed by atoms with Crippen LogP contribution in [0.1, 0.15) is 16.7 Å². The van der Waals surface area contributed by atoms with Gasteiger partial charge < -0.3 is 10.2 Å². The first-order chi connectivity index (χ1) is 7.00. The van der Waals surface area contributed by atoms with Crippen molar-refractivity contribution in [1.29, 1.82) is 0 Å². The van der Waals surface area contributed by atoms with E-state index in [-0.39, 0.29) is 0 Å². The lowest BCUT2D eigenvalue weighted by atomic mass is 10.1. The number of hydrogen-bond acceptors (Lipinski definition) is 2. The van der Waals surface area contributed by atoms with Crippen LogP contribution >= 0.6 is 0 Å². The maximum atomic E-state index is 3.47. The molecule has 0 atom stereocenters. The molecule has 1 rings (SSSR count). The molecular weight excluding hydrogens is 184 g/mol. The Morgan fingerprint density at radius 3 is 2.20 bits per heavy atom. The maximum absolute atomic E-state index is 3.47. The third-order valence-corrected chi connectivity index (χ3v) is 2.72. The van der Waals surface area contributed by atoms with Crippen molar-refractivity contribution in [2.24, 2.45) is 0 Å². The van der Waals surface area contributed by atoms with Gasteiger partial charge in [0, 0.05) is 18.8 Å². The third-order valence-electron chi connectivity index (χ3n) is 2.72. The van der Waals surface area contributed by atoms with Gasteiger partial charge in [-0.15, -0.1) is 0 Å². The monoisotopic (exact) mass is 206 g/mol. The van der Waals surface area contributed by atoms with E-state index in [1.165, 1.54) is 22.4 Å². The summed E-state index contributed by atoms with van der Waals surface area (Å²) in [6.45, 7) is 8.53. The van der Waals surface area contributed by atoms with Crippen molar-refractivity contribution in [2.75, 3.05) is 32.5 Å². The highest BCUT2D eigenvalue weighted by Gasteiger charge is 2.01. The van der Waals surface area contributed by atoms with Gasteiger partial charge in [-0.05, 0) is 57.6 Å². The van der Waals surface area contributed by atoms with Gasteiger partial charge in [0.05, 0.1) is 0 Å². The molecule has 2 nitrogen and oxygen atoms in total. The van der Waals surface area contributed by atoms with Crippen LogP contribution in [0.3, 0.4) is 0 Å². The van der Waals surface area contributed by atoms with Gasteiger partial charge >= 0.3 is 0 Å². The summed E-state index contributed by atoms with van der Waals surface area (Å²) in [5.41, 5.74) is 5.32. The Morgan fingerprint density at radius 1 is 1.00 bits per heavy atom. The Balaban J connectivity index is 2.65. The summed E-state index contributed by atoms with van der Waals surface area (Å²) < 4.78 is 0. The molecule has 1 aromatic rings. The number of benzene rings is 1. The Kier molecular flexibility index (Phi) is 4.15. The zero-order valence-electron chi connectivity index (χ0n) is 10.5. The van der Waals surface area contributed by atoms with Crippen molar-refractivity contribution in [3.8, 4) is 0 Å². The fraction of sp³-hybridized carbons (Fsp3) is 0.538. The molecule has 0 bridgehead atoms. The van der Waals surface area contributed by atoms with E-state index in [0.29, 0.717) is 0 Å². The second-order valence-electron chi connectivity index (χ2n) is 4.48. The molecule has 0 fully saturated rings. The first kappa shape index (κ1) is 12.1. The number of likely N-dealkylation sites (N-methyl/N-ethyl adjacent to an activating group) is 1. The minimum Gasteiger partial charge on any atom is -0.384 e. The van der Waals surface area contributed by atoms with Gasteiger partial charge in [-0.1, -0.05) is 6.07 Å². The fourth-order valence-corrected chi connectivity index (χ4v) is 1.57. The quantitative estimate of drug-likeness (QED) is 0.814. The summed E-state index contributed by atoms with van der Waals surface area (Å²) in [5.74, 6) is 0. The Bertz CT molecular complexity index is 330. The zero-order chi connectivity index (χ0) is 11.4. The SMILES string of the molecule is Cc1cc(C)c(NCCN(C)C)cc1C. The van der Waals surface area contributed by atoms with Crippen LogP contribution in [0, 0.1) is 20.8 Å². The number of anilines is 1. The molecule has 1 aromatic carbocycles. The lowest BCUT2D eigenvalue weighted by Gasteiger charge is -2.14. The van der Waals surface area contributed by atoms with Gasteiger partial charge in [-0.3, -0.25) is 0 Å². The molecule has 0 aliphatic heterocycles. The molecule has 84 valence electrons. The van der Waals surface area contributed by atoms with E-state index in [1.54, 1.807) is 0 Å². The molecule has 0 aliphatic carbocycles. The van der Waals surface area contributed by atoms with Gasteiger partial charge in [-0.25, -0.2) is 0 Å². The average Bonchev–Trinajstić information content (AvgIpc) is 2.13. The zero-order valence-corrected chi connectivity index (χ0v) is 10.5. The van der Waals surface area contributed by atoms with Crippen molar-refractivity contribution >= 4 is 5.69 Å². The van der Waals surface area contributed by atoms with Gasteiger partial charge in [-0.2, -0.15) is 0 Å². The van der Waals surface area contributed by atoms with Crippen LogP contribution < -0.4 is 5.32 Å². The van der Waals surface area contributed by atoms with E-state index in [9.17, 15) is 0 Å². The summed E-state index contributed by atoms with van der Waals surface area (Å²) in [6, 6.07) is 4.48. The first-order valence-corrected chi connectivity index (χ1v) is 5.47. The van der Waals surface area contributed by atoms with Crippen LogP contribution in [-0.2, 0) is 0 Å². The van der Waals surface area contributed by atoms with Crippen molar-refractivity contribution in [3.63, 3.8) is 0 Å². The molecule has 0 saturated carbocycles. The number of nitrogens with zero attached hydrogens (tertiary/aromatic N) is 1. The molecule has 2 heteroatoms. The average molecular weight is 206 g/mol. The standard InChI is InChI=1S/C13H22N2/c1-10-8-12(3)13(9-11(10)2)14-6-7-15(4)5/h8-9,14H,6-7H2,1-5H3. The van der Waals surface area contributed by atoms with Crippen LogP contribution in [0.25, 0.3) is 0 Å². The highest BCUT2D eigenvalue weighted by atomic mass is 15.1. The minimum atomic E-state index is 0.996. The predicted molar refractivity (Wildman–Crippen MR) is 67.7 cm³/mol. The molecule has 15 heavy (non-hydrogen) atoms. The van der Waals surface area contributed by atoms with Crippen LogP contribution in [0.15, 0.2) is 12.1 Å². The van der Waals surface area contributed by atoms with E-state index >= 15 is 0 Å². The molecule has 0 heterocycles. The highest BCUT2D eigenvalue weighted by molar-refractivity contribution is 5.54. The molecule has 0 amide bonds. The molecule has 0 aromatic heterocycles. The molecule has 1 N–H and O–H groups in total. The van der Waals surface area contributed by atoms with E-state index in [4.69, 9.17) is 0 Å². The highest BCUT2D eigenvalue weighted by Crippen LogP contribution is 2.19. The van der Waals surface area contributed by atoms with Crippen LogP contribution in [-0.4, -0.2) is 32.1 Å². The second-order valence-corrected chi connectivity index (χ2v) is 4.48. The number of rotatable bonds is 4. The Hall–Kier alpha value is -1.02. The van der Waals surface area contributed by atoms with Gasteiger partial charge in [0.15, 0.2) is 0 Å². The van der Waals surface area contributed by atoms with E-state index in [0.717, 1.165) is 13.1 Å². The molecule has 0 saturated heterocycles. The van der Waals surface area contributed by atoms with E-state index in [1.807, 2.05) is 0 Å². The largest absolute Gasteiger partial charge is 0.384 e. The van der Waals surface area contributed by atoms with Crippen molar-refractivity contribution in [3.05, 3.63) is 28.8 Å². The lowest BCUT2D eigenvalue weighted by molar-refractivity contribution is 0.425. The Morgan fingerprint density at radius 2 is 1.60 bits per heavy atom. The normalized spacial score (nSPS) is 10.8. The summed E-state index contributed by atoms with van der Waals surface area (Å²) in [6.07, 6.45) is 0. The number of aryl methyl sites for hydroxylation is 3. The van der Waals surface area contributed by atoms with Gasteiger partial charge in [0.25, 0.3) is 0 Å². The molecule has 0 spiro atoms. The first-order valence-electron chi connectivity index (χ1n) is 5.47. The summed E-state index contributed by atoms with van der Waals surface area (Å²) in [4.78, 5) is 2.18.